The zero-order valence-corrected chi connectivity index (χ0v) is 19.0. The highest BCUT2D eigenvalue weighted by Crippen LogP contribution is 2.37. The number of piperidine rings is 1. The van der Waals surface area contributed by atoms with Crippen molar-refractivity contribution in [3.05, 3.63) is 64.3 Å². The van der Waals surface area contributed by atoms with Crippen LogP contribution in [0.5, 0.6) is 11.5 Å². The van der Waals surface area contributed by atoms with E-state index < -0.39 is 0 Å². The lowest BCUT2D eigenvalue weighted by Crippen LogP contribution is -2.40. The molecule has 3 heterocycles. The highest BCUT2D eigenvalue weighted by molar-refractivity contribution is 6.35. The number of benzene rings is 2. The molecule has 0 spiro atoms. The number of imide groups is 1. The molecule has 5 rings (SSSR count). The van der Waals surface area contributed by atoms with Crippen LogP contribution in [0, 0.1) is 19.8 Å². The molecule has 0 saturated carbocycles. The van der Waals surface area contributed by atoms with E-state index in [1.165, 1.54) is 4.90 Å². The van der Waals surface area contributed by atoms with Crippen molar-refractivity contribution in [1.82, 2.24) is 9.80 Å². The van der Waals surface area contributed by atoms with E-state index >= 15 is 0 Å². The van der Waals surface area contributed by atoms with Crippen molar-refractivity contribution in [2.45, 2.75) is 33.2 Å². The third kappa shape index (κ3) is 3.86. The van der Waals surface area contributed by atoms with Gasteiger partial charge in [-0.15, -0.1) is 0 Å². The van der Waals surface area contributed by atoms with Gasteiger partial charge in [-0.25, -0.2) is 0 Å². The minimum absolute atomic E-state index is 0.0752. The molecule has 33 heavy (non-hydrogen) atoms. The summed E-state index contributed by atoms with van der Waals surface area (Å²) in [5.74, 6) is 0.802. The molecule has 0 aromatic heterocycles. The Morgan fingerprint density at radius 2 is 1.82 bits per heavy atom. The van der Waals surface area contributed by atoms with Crippen molar-refractivity contribution >= 4 is 17.4 Å². The van der Waals surface area contributed by atoms with Gasteiger partial charge in [0.1, 0.15) is 5.70 Å². The SMILES string of the molecule is Cc1ccc(C2=C(N3CCCC(CO)C3)C(=O)N(Cc3ccc4c(c3)OCO4)C2=O)cc1C. The fourth-order valence-electron chi connectivity index (χ4n) is 4.80. The second-order valence-corrected chi connectivity index (χ2v) is 9.04. The molecule has 3 aliphatic heterocycles. The normalized spacial score (nSPS) is 20.3. The summed E-state index contributed by atoms with van der Waals surface area (Å²) in [6.45, 7) is 5.69. The van der Waals surface area contributed by atoms with Gasteiger partial charge in [0, 0.05) is 19.7 Å². The molecular formula is C26H28N2O5. The van der Waals surface area contributed by atoms with Crippen LogP contribution in [-0.2, 0) is 16.1 Å². The number of likely N-dealkylation sites (tertiary alicyclic amines) is 1. The van der Waals surface area contributed by atoms with Crippen LogP contribution in [0.1, 0.15) is 35.1 Å². The summed E-state index contributed by atoms with van der Waals surface area (Å²) in [4.78, 5) is 30.7. The van der Waals surface area contributed by atoms with Crippen molar-refractivity contribution in [2.75, 3.05) is 26.5 Å². The largest absolute Gasteiger partial charge is 0.454 e. The van der Waals surface area contributed by atoms with E-state index in [1.807, 2.05) is 49.1 Å². The highest BCUT2D eigenvalue weighted by atomic mass is 16.7. The van der Waals surface area contributed by atoms with Crippen molar-refractivity contribution in [3.8, 4) is 11.5 Å². The van der Waals surface area contributed by atoms with E-state index in [0.29, 0.717) is 35.9 Å². The second kappa shape index (κ2) is 8.56. The van der Waals surface area contributed by atoms with Gasteiger partial charge in [0.05, 0.1) is 12.1 Å². The summed E-state index contributed by atoms with van der Waals surface area (Å²) in [6.07, 6.45) is 1.79. The number of hydrogen-bond acceptors (Lipinski definition) is 6. The van der Waals surface area contributed by atoms with E-state index in [9.17, 15) is 14.7 Å². The van der Waals surface area contributed by atoms with Gasteiger partial charge >= 0.3 is 0 Å². The Hall–Kier alpha value is -3.32. The molecule has 7 heteroatoms. The fraction of sp³-hybridized carbons (Fsp3) is 0.385. The van der Waals surface area contributed by atoms with Crippen LogP contribution in [-0.4, -0.2) is 53.2 Å². The molecule has 1 atom stereocenters. The van der Waals surface area contributed by atoms with Gasteiger partial charge in [0.25, 0.3) is 11.8 Å². The monoisotopic (exact) mass is 448 g/mol. The molecule has 0 bridgehead atoms. The minimum atomic E-state index is -0.290. The summed E-state index contributed by atoms with van der Waals surface area (Å²) < 4.78 is 10.8. The summed E-state index contributed by atoms with van der Waals surface area (Å²) in [5, 5.41) is 9.72. The summed E-state index contributed by atoms with van der Waals surface area (Å²) in [7, 11) is 0. The van der Waals surface area contributed by atoms with Gasteiger partial charge in [-0.2, -0.15) is 0 Å². The van der Waals surface area contributed by atoms with Gasteiger partial charge in [-0.3, -0.25) is 14.5 Å². The van der Waals surface area contributed by atoms with E-state index in [4.69, 9.17) is 9.47 Å². The highest BCUT2D eigenvalue weighted by Gasteiger charge is 2.42. The standard InChI is InChI=1S/C26H28N2O5/c1-16-5-7-20(10-17(16)2)23-24(27-9-3-4-19(12-27)14-29)26(31)28(25(23)30)13-18-6-8-21-22(11-18)33-15-32-21/h5-8,10-11,19,29H,3-4,9,12-15H2,1-2H3. The number of aliphatic hydroxyl groups is 1. The topological polar surface area (TPSA) is 79.3 Å². The van der Waals surface area contributed by atoms with Gasteiger partial charge in [0.15, 0.2) is 11.5 Å². The molecule has 1 fully saturated rings. The Kier molecular flexibility index (Phi) is 5.58. The first-order chi connectivity index (χ1) is 16.0. The summed E-state index contributed by atoms with van der Waals surface area (Å²) in [5.41, 5.74) is 4.65. The van der Waals surface area contributed by atoms with Crippen LogP contribution in [0.15, 0.2) is 42.1 Å². The average Bonchev–Trinajstić information content (AvgIpc) is 3.38. The van der Waals surface area contributed by atoms with Gasteiger partial charge in [0.2, 0.25) is 6.79 Å². The zero-order chi connectivity index (χ0) is 23.1. The first-order valence-electron chi connectivity index (χ1n) is 11.4. The van der Waals surface area contributed by atoms with Crippen molar-refractivity contribution in [2.24, 2.45) is 5.92 Å². The summed E-state index contributed by atoms with van der Waals surface area (Å²) >= 11 is 0. The molecule has 0 aliphatic carbocycles. The number of nitrogens with zero attached hydrogens (tertiary/aromatic N) is 2. The van der Waals surface area contributed by atoms with Crippen LogP contribution in [0.2, 0.25) is 0 Å². The van der Waals surface area contributed by atoms with E-state index in [1.54, 1.807) is 6.07 Å². The lowest BCUT2D eigenvalue weighted by Gasteiger charge is -2.34. The molecule has 172 valence electrons. The molecule has 2 aromatic rings. The lowest BCUT2D eigenvalue weighted by molar-refractivity contribution is -0.138. The molecular weight excluding hydrogens is 420 g/mol. The number of fused-ring (bicyclic) bond motifs is 1. The number of aliphatic hydroxyl groups excluding tert-OH is 1. The maximum Gasteiger partial charge on any atom is 0.278 e. The molecule has 1 unspecified atom stereocenters. The molecule has 3 aliphatic rings. The molecule has 7 nitrogen and oxygen atoms in total. The predicted molar refractivity (Wildman–Crippen MR) is 122 cm³/mol. The minimum Gasteiger partial charge on any atom is -0.454 e. The molecule has 2 aromatic carbocycles. The first kappa shape index (κ1) is 21.5. The molecule has 0 radical (unpaired) electrons. The van der Waals surface area contributed by atoms with Gasteiger partial charge in [-0.05, 0) is 67.0 Å². The van der Waals surface area contributed by atoms with Crippen LogP contribution in [0.4, 0.5) is 0 Å². The van der Waals surface area contributed by atoms with Gasteiger partial charge < -0.3 is 19.5 Å². The number of amides is 2. The quantitative estimate of drug-likeness (QED) is 0.709. The second-order valence-electron chi connectivity index (χ2n) is 9.04. The number of aryl methyl sites for hydroxylation is 2. The van der Waals surface area contributed by atoms with Crippen LogP contribution in [0.3, 0.4) is 0 Å². The smallest absolute Gasteiger partial charge is 0.278 e. The van der Waals surface area contributed by atoms with Gasteiger partial charge in [-0.1, -0.05) is 24.3 Å². The number of ether oxygens (including phenoxy) is 2. The Bertz CT molecular complexity index is 1160. The molecule has 1 N–H and O–H groups in total. The summed E-state index contributed by atoms with van der Waals surface area (Å²) in [6, 6.07) is 11.4. The number of hydrogen-bond donors (Lipinski definition) is 1. The van der Waals surface area contributed by atoms with Crippen LogP contribution >= 0.6 is 0 Å². The third-order valence-corrected chi connectivity index (χ3v) is 6.81. The first-order valence-corrected chi connectivity index (χ1v) is 11.4. The Morgan fingerprint density at radius 1 is 1.00 bits per heavy atom. The zero-order valence-electron chi connectivity index (χ0n) is 19.0. The number of rotatable bonds is 5. The molecule has 2 amide bonds. The van der Waals surface area contributed by atoms with Crippen molar-refractivity contribution in [1.29, 1.82) is 0 Å². The van der Waals surface area contributed by atoms with Crippen LogP contribution < -0.4 is 9.47 Å². The third-order valence-electron chi connectivity index (χ3n) is 6.81. The van der Waals surface area contributed by atoms with Crippen molar-refractivity contribution < 1.29 is 24.2 Å². The van der Waals surface area contributed by atoms with E-state index in [-0.39, 0.29) is 37.7 Å². The number of carbonyl (C=O) groups excluding carboxylic acids is 2. The maximum absolute atomic E-state index is 13.7. The van der Waals surface area contributed by atoms with E-state index in [0.717, 1.165) is 35.1 Å². The number of carbonyl (C=O) groups is 2. The maximum atomic E-state index is 13.7. The predicted octanol–water partition coefficient (Wildman–Crippen LogP) is 3.02. The lowest BCUT2D eigenvalue weighted by atomic mass is 9.96. The van der Waals surface area contributed by atoms with Crippen molar-refractivity contribution in [3.63, 3.8) is 0 Å². The Morgan fingerprint density at radius 3 is 2.61 bits per heavy atom. The Balaban J connectivity index is 1.52. The van der Waals surface area contributed by atoms with Crippen LogP contribution in [0.25, 0.3) is 5.57 Å². The Labute approximate surface area is 193 Å². The fourth-order valence-corrected chi connectivity index (χ4v) is 4.80. The average molecular weight is 449 g/mol. The van der Waals surface area contributed by atoms with E-state index in [2.05, 4.69) is 0 Å². The molecule has 1 saturated heterocycles.